The van der Waals surface area contributed by atoms with Crippen LogP contribution in [-0.2, 0) is 16.6 Å². The van der Waals surface area contributed by atoms with Crippen LogP contribution >= 0.6 is 0 Å². The fraction of sp³-hybridized carbons (Fsp3) is 0.500. The van der Waals surface area contributed by atoms with Crippen LogP contribution in [0.1, 0.15) is 35.6 Å². The van der Waals surface area contributed by atoms with Gasteiger partial charge in [-0.3, -0.25) is 9.48 Å². The number of carbonyl (C=O) groups excluding carboxylic acids is 1. The van der Waals surface area contributed by atoms with Gasteiger partial charge in [-0.2, -0.15) is 9.40 Å². The van der Waals surface area contributed by atoms with Crippen LogP contribution in [-0.4, -0.2) is 66.1 Å². The zero-order chi connectivity index (χ0) is 21.2. The van der Waals surface area contributed by atoms with Gasteiger partial charge >= 0.3 is 0 Å². The average molecular weight is 421 g/mol. The average Bonchev–Trinajstić information content (AvgIpc) is 3.02. The van der Waals surface area contributed by atoms with Crippen LogP contribution in [0.4, 0.5) is 0 Å². The second kappa shape index (κ2) is 8.54. The highest BCUT2D eigenvalue weighted by atomic mass is 32.2. The summed E-state index contributed by atoms with van der Waals surface area (Å²) in [5.74, 6) is 0.620. The largest absolute Gasteiger partial charge is 0.494 e. The van der Waals surface area contributed by atoms with E-state index < -0.39 is 10.0 Å². The maximum Gasteiger partial charge on any atom is 0.253 e. The molecule has 9 heteroatoms. The molecule has 29 heavy (non-hydrogen) atoms. The monoisotopic (exact) mass is 420 g/mol. The Morgan fingerprint density at radius 2 is 1.69 bits per heavy atom. The third kappa shape index (κ3) is 4.16. The van der Waals surface area contributed by atoms with Crippen LogP contribution in [0.15, 0.2) is 29.2 Å². The highest BCUT2D eigenvalue weighted by Crippen LogP contribution is 2.25. The maximum atomic E-state index is 13.2. The summed E-state index contributed by atoms with van der Waals surface area (Å²) in [5.41, 5.74) is 1.73. The topological polar surface area (TPSA) is 84.7 Å². The third-order valence-corrected chi connectivity index (χ3v) is 7.30. The van der Waals surface area contributed by atoms with Crippen LogP contribution in [0.5, 0.6) is 5.75 Å². The number of hydrogen-bond donors (Lipinski definition) is 0. The molecule has 1 amide bonds. The molecule has 0 atom stereocenters. The summed E-state index contributed by atoms with van der Waals surface area (Å²) in [6.07, 6.45) is 0. The van der Waals surface area contributed by atoms with Crippen molar-refractivity contribution in [1.82, 2.24) is 19.0 Å². The number of hydrogen-bond acceptors (Lipinski definition) is 5. The Hall–Kier alpha value is -2.39. The number of piperazine rings is 1. The normalized spacial score (nSPS) is 15.5. The highest BCUT2D eigenvalue weighted by Gasteiger charge is 2.34. The van der Waals surface area contributed by atoms with Gasteiger partial charge in [0, 0.05) is 38.3 Å². The summed E-state index contributed by atoms with van der Waals surface area (Å²) in [6, 6.07) is 7.02. The van der Waals surface area contributed by atoms with Crippen molar-refractivity contribution < 1.29 is 17.9 Å². The van der Waals surface area contributed by atoms with Crippen LogP contribution in [0.25, 0.3) is 0 Å². The summed E-state index contributed by atoms with van der Waals surface area (Å²) in [6.45, 7) is 9.76. The van der Waals surface area contributed by atoms with Gasteiger partial charge in [-0.05, 0) is 52.0 Å². The van der Waals surface area contributed by atoms with Gasteiger partial charge in [-0.25, -0.2) is 8.42 Å². The molecule has 2 aromatic rings. The Morgan fingerprint density at radius 1 is 1.07 bits per heavy atom. The van der Waals surface area contributed by atoms with Gasteiger partial charge < -0.3 is 9.64 Å². The number of amides is 1. The fourth-order valence-corrected chi connectivity index (χ4v) is 5.46. The lowest BCUT2D eigenvalue weighted by atomic mass is 10.2. The van der Waals surface area contributed by atoms with E-state index in [-0.39, 0.29) is 23.9 Å². The summed E-state index contributed by atoms with van der Waals surface area (Å²) in [7, 11) is -3.64. The minimum atomic E-state index is -3.64. The molecule has 0 N–H and O–H groups in total. The summed E-state index contributed by atoms with van der Waals surface area (Å²) in [4.78, 5) is 14.7. The Labute approximate surface area is 172 Å². The van der Waals surface area contributed by atoms with Crippen molar-refractivity contribution in [2.45, 2.75) is 39.1 Å². The standard InChI is InChI=1S/C20H28N4O4S/c1-5-24-16(4)19(15(3)21-24)29(26,27)23-13-11-22(12-14-23)20(25)17-7-9-18(10-8-17)28-6-2/h7-10H,5-6,11-14H2,1-4H3. The minimum Gasteiger partial charge on any atom is -0.494 e. The van der Waals surface area contributed by atoms with Crippen LogP contribution in [0.3, 0.4) is 0 Å². The minimum absolute atomic E-state index is 0.101. The van der Waals surface area contributed by atoms with E-state index >= 15 is 0 Å². The van der Waals surface area contributed by atoms with E-state index in [1.807, 2.05) is 13.8 Å². The van der Waals surface area contributed by atoms with Crippen molar-refractivity contribution >= 4 is 15.9 Å². The fourth-order valence-electron chi connectivity index (χ4n) is 3.67. The first-order valence-electron chi connectivity index (χ1n) is 9.85. The lowest BCUT2D eigenvalue weighted by Gasteiger charge is -2.34. The van der Waals surface area contributed by atoms with Gasteiger partial charge in [0.25, 0.3) is 5.91 Å². The van der Waals surface area contributed by atoms with Crippen molar-refractivity contribution in [2.75, 3.05) is 32.8 Å². The number of aryl methyl sites for hydroxylation is 2. The van der Waals surface area contributed by atoms with Crippen molar-refractivity contribution in [3.8, 4) is 5.75 Å². The van der Waals surface area contributed by atoms with E-state index in [2.05, 4.69) is 5.10 Å². The van der Waals surface area contributed by atoms with Crippen LogP contribution in [0, 0.1) is 13.8 Å². The zero-order valence-electron chi connectivity index (χ0n) is 17.4. The molecule has 0 bridgehead atoms. The molecule has 3 rings (SSSR count). The lowest BCUT2D eigenvalue weighted by molar-refractivity contribution is 0.0698. The predicted octanol–water partition coefficient (Wildman–Crippen LogP) is 2.07. The van der Waals surface area contributed by atoms with Gasteiger partial charge in [0.1, 0.15) is 10.6 Å². The van der Waals surface area contributed by atoms with Crippen molar-refractivity contribution in [1.29, 1.82) is 0 Å². The smallest absolute Gasteiger partial charge is 0.253 e. The van der Waals surface area contributed by atoms with Crippen molar-refractivity contribution in [2.24, 2.45) is 0 Å². The van der Waals surface area contributed by atoms with E-state index in [1.165, 1.54) is 4.31 Å². The van der Waals surface area contributed by atoms with Gasteiger partial charge in [0.15, 0.2) is 0 Å². The number of sulfonamides is 1. The molecule has 1 saturated heterocycles. The Balaban J connectivity index is 1.70. The molecule has 0 unspecified atom stereocenters. The second-order valence-corrected chi connectivity index (χ2v) is 8.84. The number of rotatable bonds is 6. The molecule has 0 saturated carbocycles. The third-order valence-electron chi connectivity index (χ3n) is 5.15. The number of nitrogens with zero attached hydrogens (tertiary/aromatic N) is 4. The van der Waals surface area contributed by atoms with Crippen molar-refractivity contribution in [3.63, 3.8) is 0 Å². The SMILES string of the molecule is CCOc1ccc(C(=O)N2CCN(S(=O)(=O)c3c(C)nn(CC)c3C)CC2)cc1. The Morgan fingerprint density at radius 3 is 2.21 bits per heavy atom. The first-order valence-corrected chi connectivity index (χ1v) is 11.3. The molecule has 8 nitrogen and oxygen atoms in total. The molecular formula is C20H28N4O4S. The molecule has 2 heterocycles. The molecule has 1 aromatic carbocycles. The molecule has 1 aromatic heterocycles. The molecule has 1 fully saturated rings. The van der Waals surface area contributed by atoms with Gasteiger partial charge in [-0.1, -0.05) is 0 Å². The Kier molecular flexibility index (Phi) is 6.28. The van der Waals surface area contributed by atoms with E-state index in [1.54, 1.807) is 47.7 Å². The molecule has 158 valence electrons. The Bertz CT molecular complexity index is 975. The lowest BCUT2D eigenvalue weighted by Crippen LogP contribution is -2.50. The van der Waals surface area contributed by atoms with Crippen LogP contribution < -0.4 is 4.74 Å². The highest BCUT2D eigenvalue weighted by molar-refractivity contribution is 7.89. The summed E-state index contributed by atoms with van der Waals surface area (Å²) < 4.78 is 34.9. The summed E-state index contributed by atoms with van der Waals surface area (Å²) >= 11 is 0. The molecule has 0 radical (unpaired) electrons. The second-order valence-electron chi connectivity index (χ2n) is 6.97. The van der Waals surface area contributed by atoms with E-state index in [9.17, 15) is 13.2 Å². The number of ether oxygens (including phenoxy) is 1. The number of carbonyl (C=O) groups is 1. The molecular weight excluding hydrogens is 392 g/mol. The van der Waals surface area contributed by atoms with Crippen LogP contribution in [0.2, 0.25) is 0 Å². The molecule has 0 aliphatic carbocycles. The predicted molar refractivity (Wildman–Crippen MR) is 110 cm³/mol. The zero-order valence-corrected chi connectivity index (χ0v) is 18.2. The quantitative estimate of drug-likeness (QED) is 0.714. The molecule has 1 aliphatic heterocycles. The van der Waals surface area contributed by atoms with Crippen molar-refractivity contribution in [3.05, 3.63) is 41.2 Å². The number of aromatic nitrogens is 2. The van der Waals surface area contributed by atoms with Gasteiger partial charge in [0.05, 0.1) is 18.0 Å². The molecule has 0 spiro atoms. The van der Waals surface area contributed by atoms with Gasteiger partial charge in [0.2, 0.25) is 10.0 Å². The first-order chi connectivity index (χ1) is 13.8. The van der Waals surface area contributed by atoms with E-state index in [4.69, 9.17) is 4.74 Å². The summed E-state index contributed by atoms with van der Waals surface area (Å²) in [5, 5.41) is 4.33. The molecule has 1 aliphatic rings. The number of benzene rings is 1. The van der Waals surface area contributed by atoms with Gasteiger partial charge in [-0.15, -0.1) is 0 Å². The maximum absolute atomic E-state index is 13.2. The van der Waals surface area contributed by atoms with E-state index in [0.717, 1.165) is 5.75 Å². The van der Waals surface area contributed by atoms with E-state index in [0.29, 0.717) is 43.2 Å². The first kappa shape index (κ1) is 21.3.